The van der Waals surface area contributed by atoms with Crippen molar-refractivity contribution in [3.63, 3.8) is 0 Å². The molecule has 3 N–H and O–H groups in total. The van der Waals surface area contributed by atoms with Crippen molar-refractivity contribution in [3.8, 4) is 0 Å². The Morgan fingerprint density at radius 3 is 2.42 bits per heavy atom. The molecule has 8 heteroatoms. The molecular weight excluding hydrogens is 316 g/mol. The number of benzene rings is 1. The molecule has 0 bridgehead atoms. The second kappa shape index (κ2) is 9.81. The molecule has 0 unspecified atom stereocenters. The molecule has 2 amide bonds. The quantitative estimate of drug-likeness (QED) is 0.526. The van der Waals surface area contributed by atoms with Gasteiger partial charge in [0.05, 0.1) is 18.6 Å². The standard InChI is InChI=1S/C16H18N2O6/c1-2-23-13(20)8-12(9-19)14(15(17)21)18-16(22)24-10-11-6-4-3-5-7-11/h3-7,14H,2,8,10H2,1H3,(H2,17,21)(H,18,22)/t14-/m0/s1. The number of nitrogens with one attached hydrogen (secondary N) is 1. The second-order valence-electron chi connectivity index (χ2n) is 4.65. The zero-order valence-corrected chi connectivity index (χ0v) is 13.1. The van der Waals surface area contributed by atoms with Crippen LogP contribution in [0.3, 0.4) is 0 Å². The SMILES string of the molecule is CCOC(=O)CC(=C=O)[C@H](NC(=O)OCc1ccccc1)C(N)=O. The van der Waals surface area contributed by atoms with Gasteiger partial charge in [-0.25, -0.2) is 9.59 Å². The van der Waals surface area contributed by atoms with Crippen LogP contribution in [0.5, 0.6) is 0 Å². The highest BCUT2D eigenvalue weighted by Gasteiger charge is 2.26. The third-order valence-electron chi connectivity index (χ3n) is 2.88. The Balaban J connectivity index is 2.67. The van der Waals surface area contributed by atoms with Gasteiger partial charge in [-0.1, -0.05) is 30.3 Å². The number of hydrogen-bond donors (Lipinski definition) is 2. The van der Waals surface area contributed by atoms with Crippen molar-refractivity contribution in [2.75, 3.05) is 6.61 Å². The molecule has 1 aromatic carbocycles. The minimum atomic E-state index is -1.50. The molecule has 0 aliphatic heterocycles. The van der Waals surface area contributed by atoms with E-state index in [2.05, 4.69) is 10.1 Å². The van der Waals surface area contributed by atoms with Crippen molar-refractivity contribution >= 4 is 23.9 Å². The summed E-state index contributed by atoms with van der Waals surface area (Å²) in [5.41, 5.74) is 5.56. The number of amides is 2. The van der Waals surface area contributed by atoms with Gasteiger partial charge in [-0.05, 0) is 12.5 Å². The first-order chi connectivity index (χ1) is 11.5. The fraction of sp³-hybridized carbons (Fsp3) is 0.312. The zero-order chi connectivity index (χ0) is 17.9. The minimum Gasteiger partial charge on any atom is -0.466 e. The molecule has 1 aromatic rings. The van der Waals surface area contributed by atoms with Crippen molar-refractivity contribution in [3.05, 3.63) is 41.5 Å². The van der Waals surface area contributed by atoms with Gasteiger partial charge in [0.25, 0.3) is 0 Å². The molecule has 128 valence electrons. The predicted molar refractivity (Wildman–Crippen MR) is 83.2 cm³/mol. The fourth-order valence-corrected chi connectivity index (χ4v) is 1.78. The van der Waals surface area contributed by atoms with Crippen molar-refractivity contribution in [2.45, 2.75) is 26.0 Å². The molecule has 0 radical (unpaired) electrons. The Morgan fingerprint density at radius 1 is 1.21 bits per heavy atom. The number of rotatable bonds is 8. The van der Waals surface area contributed by atoms with E-state index in [1.807, 2.05) is 6.07 Å². The molecule has 0 saturated carbocycles. The molecule has 0 fully saturated rings. The number of primary amides is 1. The summed E-state index contributed by atoms with van der Waals surface area (Å²) >= 11 is 0. The first-order valence-electron chi connectivity index (χ1n) is 7.14. The van der Waals surface area contributed by atoms with Gasteiger partial charge in [-0.3, -0.25) is 9.59 Å². The summed E-state index contributed by atoms with van der Waals surface area (Å²) in [5, 5.41) is 2.14. The Bertz CT molecular complexity index is 637. The molecule has 0 heterocycles. The Morgan fingerprint density at radius 2 is 1.88 bits per heavy atom. The maximum Gasteiger partial charge on any atom is 0.408 e. The van der Waals surface area contributed by atoms with Crippen molar-refractivity contribution in [1.29, 1.82) is 0 Å². The minimum absolute atomic E-state index is 0.0316. The van der Waals surface area contributed by atoms with E-state index in [1.54, 1.807) is 31.2 Å². The number of nitrogens with two attached hydrogens (primary N) is 1. The Hall–Kier alpha value is -3.12. The van der Waals surface area contributed by atoms with Crippen LogP contribution in [-0.2, 0) is 30.5 Å². The maximum atomic E-state index is 11.8. The lowest BCUT2D eigenvalue weighted by Crippen LogP contribution is -2.46. The molecular formula is C16H18N2O6. The summed E-state index contributed by atoms with van der Waals surface area (Å²) < 4.78 is 9.62. The Kier molecular flexibility index (Phi) is 7.73. The average molecular weight is 334 g/mol. The Labute approximate surface area is 138 Å². The molecule has 0 aliphatic rings. The van der Waals surface area contributed by atoms with Crippen LogP contribution in [-0.4, -0.2) is 36.6 Å². The first kappa shape index (κ1) is 18.9. The van der Waals surface area contributed by atoms with E-state index < -0.39 is 30.4 Å². The zero-order valence-electron chi connectivity index (χ0n) is 13.1. The van der Waals surface area contributed by atoms with E-state index in [9.17, 15) is 19.2 Å². The van der Waals surface area contributed by atoms with E-state index in [-0.39, 0.29) is 18.8 Å². The van der Waals surface area contributed by atoms with Crippen molar-refractivity contribution in [2.24, 2.45) is 5.73 Å². The predicted octanol–water partition coefficient (Wildman–Crippen LogP) is 0.478. The fourth-order valence-electron chi connectivity index (χ4n) is 1.78. The largest absolute Gasteiger partial charge is 0.466 e. The summed E-state index contributed by atoms with van der Waals surface area (Å²) in [6, 6.07) is 7.34. The van der Waals surface area contributed by atoms with Crippen LogP contribution < -0.4 is 11.1 Å². The van der Waals surface area contributed by atoms with Crippen LogP contribution in [0.15, 0.2) is 35.9 Å². The highest BCUT2D eigenvalue weighted by atomic mass is 16.5. The lowest BCUT2D eigenvalue weighted by atomic mass is 10.1. The van der Waals surface area contributed by atoms with Gasteiger partial charge in [0.15, 0.2) is 0 Å². The topological polar surface area (TPSA) is 125 Å². The van der Waals surface area contributed by atoms with Crippen LogP contribution >= 0.6 is 0 Å². The monoisotopic (exact) mass is 334 g/mol. The smallest absolute Gasteiger partial charge is 0.408 e. The number of hydrogen-bond acceptors (Lipinski definition) is 6. The summed E-state index contributed by atoms with van der Waals surface area (Å²) in [4.78, 5) is 45.6. The number of carbonyl (C=O) groups is 3. The number of ether oxygens (including phenoxy) is 2. The maximum absolute atomic E-state index is 11.8. The molecule has 0 saturated heterocycles. The van der Waals surface area contributed by atoms with Crippen LogP contribution in [0, 0.1) is 0 Å². The molecule has 0 spiro atoms. The lowest BCUT2D eigenvalue weighted by molar-refractivity contribution is -0.142. The van der Waals surface area contributed by atoms with E-state index in [4.69, 9.17) is 10.5 Å². The van der Waals surface area contributed by atoms with Gasteiger partial charge in [-0.2, -0.15) is 0 Å². The third kappa shape index (κ3) is 6.33. The van der Waals surface area contributed by atoms with Crippen LogP contribution in [0.4, 0.5) is 4.79 Å². The highest BCUT2D eigenvalue weighted by molar-refractivity contribution is 5.91. The molecule has 1 rings (SSSR count). The molecule has 24 heavy (non-hydrogen) atoms. The van der Waals surface area contributed by atoms with Gasteiger partial charge in [0.2, 0.25) is 5.91 Å². The van der Waals surface area contributed by atoms with Gasteiger partial charge in [0, 0.05) is 0 Å². The summed E-state index contributed by atoms with van der Waals surface area (Å²) in [6.07, 6.45) is -1.47. The number of esters is 1. The van der Waals surface area contributed by atoms with Crippen LogP contribution in [0.2, 0.25) is 0 Å². The normalized spacial score (nSPS) is 10.9. The van der Waals surface area contributed by atoms with Gasteiger partial charge < -0.3 is 20.5 Å². The molecule has 8 nitrogen and oxygen atoms in total. The second-order valence-corrected chi connectivity index (χ2v) is 4.65. The van der Waals surface area contributed by atoms with Gasteiger partial charge in [-0.15, -0.1) is 0 Å². The van der Waals surface area contributed by atoms with E-state index in [0.29, 0.717) is 0 Å². The number of alkyl carbamates (subject to hydrolysis) is 1. The molecule has 1 atom stereocenters. The number of carbonyl (C=O) groups excluding carboxylic acids is 4. The third-order valence-corrected chi connectivity index (χ3v) is 2.88. The molecule has 0 aliphatic carbocycles. The lowest BCUT2D eigenvalue weighted by Gasteiger charge is -2.16. The highest BCUT2D eigenvalue weighted by Crippen LogP contribution is 2.07. The van der Waals surface area contributed by atoms with E-state index in [0.717, 1.165) is 5.56 Å². The van der Waals surface area contributed by atoms with E-state index >= 15 is 0 Å². The summed E-state index contributed by atoms with van der Waals surface area (Å²) in [7, 11) is 0. The molecule has 0 aromatic heterocycles. The van der Waals surface area contributed by atoms with Crippen molar-refractivity contribution in [1.82, 2.24) is 5.32 Å². The summed E-state index contributed by atoms with van der Waals surface area (Å²) in [5.74, 6) is -0.307. The van der Waals surface area contributed by atoms with E-state index in [1.165, 1.54) is 5.94 Å². The first-order valence-corrected chi connectivity index (χ1v) is 7.14. The average Bonchev–Trinajstić information content (AvgIpc) is 2.57. The van der Waals surface area contributed by atoms with Crippen molar-refractivity contribution < 1.29 is 28.7 Å². The van der Waals surface area contributed by atoms with Gasteiger partial charge in [0.1, 0.15) is 18.6 Å². The summed E-state index contributed by atoms with van der Waals surface area (Å²) in [6.45, 7) is 1.67. The van der Waals surface area contributed by atoms with Crippen LogP contribution in [0.25, 0.3) is 0 Å². The van der Waals surface area contributed by atoms with Gasteiger partial charge >= 0.3 is 12.1 Å². The van der Waals surface area contributed by atoms with Crippen LogP contribution in [0.1, 0.15) is 18.9 Å².